The topological polar surface area (TPSA) is 212 Å². The van der Waals surface area contributed by atoms with Gasteiger partial charge in [-0.15, -0.1) is 0 Å². The fourth-order valence-corrected chi connectivity index (χ4v) is 3.36. The van der Waals surface area contributed by atoms with Gasteiger partial charge in [0.05, 0.1) is 39.0 Å². The first-order valence-corrected chi connectivity index (χ1v) is 9.66. The number of furan rings is 1. The van der Waals surface area contributed by atoms with Crippen LogP contribution >= 0.6 is 0 Å². The molecule has 3 rings (SSSR count). The molecule has 2 aliphatic heterocycles. The van der Waals surface area contributed by atoms with Gasteiger partial charge in [0.1, 0.15) is 48.8 Å². The summed E-state index contributed by atoms with van der Waals surface area (Å²) >= 11 is 0. The molecule has 2 fully saturated rings. The highest BCUT2D eigenvalue weighted by Gasteiger charge is 2.45. The van der Waals surface area contributed by atoms with Crippen molar-refractivity contribution in [1.29, 1.82) is 0 Å². The largest absolute Gasteiger partial charge is 0.472 e. The Balaban J connectivity index is 1.56. The van der Waals surface area contributed by atoms with E-state index in [1.807, 2.05) is 0 Å². The van der Waals surface area contributed by atoms with Crippen LogP contribution in [-0.4, -0.2) is 115 Å². The zero-order valence-corrected chi connectivity index (χ0v) is 16.4. The Morgan fingerprint density at radius 3 is 1.35 bits per heavy atom. The Bertz CT molecular complexity index is 625. The molecule has 0 radical (unpaired) electrons. The Morgan fingerprint density at radius 2 is 1.00 bits per heavy atom. The summed E-state index contributed by atoms with van der Waals surface area (Å²) in [7, 11) is 0. The van der Waals surface area contributed by atoms with E-state index in [1.165, 1.54) is 12.5 Å². The second-order valence-corrected chi connectivity index (χ2v) is 7.44. The number of hydrogen-bond acceptors (Lipinski definition) is 13. The molecule has 8 N–H and O–H groups in total. The lowest BCUT2D eigenvalue weighted by atomic mass is 9.99. The minimum atomic E-state index is -1.57. The fraction of sp³-hybridized carbons (Fsp3) is 0.778. The lowest BCUT2D eigenvalue weighted by molar-refractivity contribution is -0.305. The van der Waals surface area contributed by atoms with Crippen LogP contribution in [-0.2, 0) is 32.2 Å². The summed E-state index contributed by atoms with van der Waals surface area (Å²) in [5, 5.41) is 77.7. The quantitative estimate of drug-likeness (QED) is 0.189. The first kappa shape index (κ1) is 24.4. The number of hydrogen-bond donors (Lipinski definition) is 8. The molecule has 13 heteroatoms. The van der Waals surface area contributed by atoms with Crippen LogP contribution in [0.5, 0.6) is 0 Å². The van der Waals surface area contributed by atoms with E-state index in [0.717, 1.165) is 0 Å². The number of aliphatic hydroxyl groups is 8. The van der Waals surface area contributed by atoms with Crippen LogP contribution in [0.2, 0.25) is 0 Å². The monoisotopic (exact) mass is 452 g/mol. The van der Waals surface area contributed by atoms with Gasteiger partial charge in [0.15, 0.2) is 12.6 Å². The van der Waals surface area contributed by atoms with Crippen molar-refractivity contribution >= 4 is 0 Å². The second kappa shape index (κ2) is 10.6. The van der Waals surface area contributed by atoms with Gasteiger partial charge in [0.2, 0.25) is 0 Å². The van der Waals surface area contributed by atoms with Crippen LogP contribution in [0.3, 0.4) is 0 Å². The number of aliphatic hydroxyl groups excluding tert-OH is 8. The van der Waals surface area contributed by atoms with Crippen LogP contribution in [0.25, 0.3) is 0 Å². The molecule has 0 aromatic carbocycles. The van der Waals surface area contributed by atoms with Gasteiger partial charge in [-0.3, -0.25) is 0 Å². The third-order valence-electron chi connectivity index (χ3n) is 5.34. The zero-order chi connectivity index (χ0) is 22.7. The molecule has 0 aliphatic carbocycles. The van der Waals surface area contributed by atoms with Crippen molar-refractivity contribution in [1.82, 2.24) is 0 Å². The van der Waals surface area contributed by atoms with Gasteiger partial charge in [-0.25, -0.2) is 0 Å². The third-order valence-corrected chi connectivity index (χ3v) is 5.34. The van der Waals surface area contributed by atoms with Crippen LogP contribution in [0.15, 0.2) is 16.9 Å². The van der Waals surface area contributed by atoms with E-state index in [1.54, 1.807) is 0 Å². The molecular formula is C18H28O13. The minimum Gasteiger partial charge on any atom is -0.472 e. The average molecular weight is 452 g/mol. The first-order valence-electron chi connectivity index (χ1n) is 9.66. The van der Waals surface area contributed by atoms with E-state index >= 15 is 0 Å². The van der Waals surface area contributed by atoms with Crippen molar-refractivity contribution in [2.24, 2.45) is 0 Å². The summed E-state index contributed by atoms with van der Waals surface area (Å²) in [6, 6.07) is 0. The molecule has 3 heterocycles. The van der Waals surface area contributed by atoms with Crippen molar-refractivity contribution in [3.63, 3.8) is 0 Å². The molecule has 0 amide bonds. The standard InChI is InChI=1S/C18H28O13/c19-1-9-11(21)13(23)15(25)17(30-9)28-5-7-3-27-4-8(7)6-29-18-16(26)14(24)12(22)10(2-20)31-18/h3-4,9-26H,1-2,5-6H2/t9?,10?,11-,12-,13-,14-,15?,16?,17+,18+/m0/s1. The molecule has 1 aromatic rings. The SMILES string of the molecule is OCC1O[C@@H](OCc2cocc2CO[C@@H]2OC(CO)[C@H](O)[C@H](O)C2O)C(O)[C@@H](O)[C@H]1O. The zero-order valence-electron chi connectivity index (χ0n) is 16.4. The van der Waals surface area contributed by atoms with Gasteiger partial charge < -0.3 is 64.2 Å². The first-order chi connectivity index (χ1) is 14.8. The Labute approximate surface area is 176 Å². The number of rotatable bonds is 8. The van der Waals surface area contributed by atoms with Crippen molar-refractivity contribution in [2.45, 2.75) is 74.6 Å². The predicted octanol–water partition coefficient (Wildman–Crippen LogP) is -4.09. The third kappa shape index (κ3) is 5.24. The molecule has 2 saturated heterocycles. The summed E-state index contributed by atoms with van der Waals surface area (Å²) in [5.41, 5.74) is 0.920. The lowest BCUT2D eigenvalue weighted by Crippen LogP contribution is -2.59. The van der Waals surface area contributed by atoms with Crippen molar-refractivity contribution in [3.05, 3.63) is 23.7 Å². The van der Waals surface area contributed by atoms with Gasteiger partial charge in [-0.2, -0.15) is 0 Å². The molecule has 178 valence electrons. The van der Waals surface area contributed by atoms with Crippen molar-refractivity contribution in [3.8, 4) is 0 Å². The molecule has 2 aliphatic rings. The van der Waals surface area contributed by atoms with Gasteiger partial charge in [-0.05, 0) is 0 Å². The highest BCUT2D eigenvalue weighted by atomic mass is 16.7. The molecular weight excluding hydrogens is 424 g/mol. The molecule has 4 unspecified atom stereocenters. The van der Waals surface area contributed by atoms with E-state index < -0.39 is 74.6 Å². The van der Waals surface area contributed by atoms with Crippen LogP contribution in [0.4, 0.5) is 0 Å². The molecule has 1 aromatic heterocycles. The molecule has 0 spiro atoms. The second-order valence-electron chi connectivity index (χ2n) is 7.44. The highest BCUT2D eigenvalue weighted by molar-refractivity contribution is 5.19. The van der Waals surface area contributed by atoms with E-state index in [-0.39, 0.29) is 13.2 Å². The van der Waals surface area contributed by atoms with Crippen LogP contribution in [0.1, 0.15) is 11.1 Å². The molecule has 13 nitrogen and oxygen atoms in total. The maximum Gasteiger partial charge on any atom is 0.187 e. The van der Waals surface area contributed by atoms with Crippen molar-refractivity contribution in [2.75, 3.05) is 13.2 Å². The Hall–Kier alpha value is -1.20. The Morgan fingerprint density at radius 1 is 0.613 bits per heavy atom. The number of ether oxygens (including phenoxy) is 4. The smallest absolute Gasteiger partial charge is 0.187 e. The summed E-state index contributed by atoms with van der Waals surface area (Å²) in [6.07, 6.45) is -11.5. The highest BCUT2D eigenvalue weighted by Crippen LogP contribution is 2.26. The summed E-state index contributed by atoms with van der Waals surface area (Å²) in [4.78, 5) is 0. The van der Waals surface area contributed by atoms with Gasteiger partial charge in [0.25, 0.3) is 0 Å². The molecule has 31 heavy (non-hydrogen) atoms. The van der Waals surface area contributed by atoms with E-state index in [9.17, 15) is 40.9 Å². The summed E-state index contributed by atoms with van der Waals surface area (Å²) in [6.45, 7) is -1.50. The lowest BCUT2D eigenvalue weighted by Gasteiger charge is -2.39. The maximum absolute atomic E-state index is 10.0. The molecule has 0 saturated carbocycles. The van der Waals surface area contributed by atoms with Crippen LogP contribution in [0, 0.1) is 0 Å². The van der Waals surface area contributed by atoms with E-state index in [2.05, 4.69) is 0 Å². The average Bonchev–Trinajstić information content (AvgIpc) is 3.22. The van der Waals surface area contributed by atoms with Crippen LogP contribution < -0.4 is 0 Å². The van der Waals surface area contributed by atoms with E-state index in [4.69, 9.17) is 23.4 Å². The Kier molecular flexibility index (Phi) is 8.37. The minimum absolute atomic E-state index is 0.160. The normalized spacial score (nSPS) is 41.4. The van der Waals surface area contributed by atoms with Crippen molar-refractivity contribution < 1.29 is 64.2 Å². The van der Waals surface area contributed by atoms with E-state index in [0.29, 0.717) is 11.1 Å². The summed E-state index contributed by atoms with van der Waals surface area (Å²) in [5.74, 6) is 0. The fourth-order valence-electron chi connectivity index (χ4n) is 3.36. The van der Waals surface area contributed by atoms with Gasteiger partial charge >= 0.3 is 0 Å². The van der Waals surface area contributed by atoms with Gasteiger partial charge in [0, 0.05) is 11.1 Å². The maximum atomic E-state index is 10.0. The molecule has 10 atom stereocenters. The van der Waals surface area contributed by atoms with Gasteiger partial charge in [-0.1, -0.05) is 0 Å². The molecule has 0 bridgehead atoms. The summed E-state index contributed by atoms with van der Waals surface area (Å²) < 4.78 is 26.5. The predicted molar refractivity (Wildman–Crippen MR) is 95.8 cm³/mol.